The van der Waals surface area contributed by atoms with Gasteiger partial charge in [0, 0.05) is 18.5 Å². The van der Waals surface area contributed by atoms with E-state index in [2.05, 4.69) is 29.4 Å². The summed E-state index contributed by atoms with van der Waals surface area (Å²) in [5.74, 6) is 0.746. The van der Waals surface area contributed by atoms with Crippen molar-refractivity contribution in [2.24, 2.45) is 11.3 Å². The SMILES string of the molecule is CCN1CCC(CCNC(=O)NCC2(C)CCCCC2O)CC1. The first-order chi connectivity index (χ1) is 11.0. The number of aliphatic hydroxyl groups is 1. The van der Waals surface area contributed by atoms with Gasteiger partial charge in [0.25, 0.3) is 0 Å². The van der Waals surface area contributed by atoms with E-state index in [4.69, 9.17) is 0 Å². The number of piperidine rings is 1. The van der Waals surface area contributed by atoms with Crippen molar-refractivity contribution in [1.82, 2.24) is 15.5 Å². The molecule has 1 aliphatic heterocycles. The van der Waals surface area contributed by atoms with Gasteiger partial charge in [0.2, 0.25) is 0 Å². The summed E-state index contributed by atoms with van der Waals surface area (Å²) in [5.41, 5.74) is -0.164. The van der Waals surface area contributed by atoms with Gasteiger partial charge in [-0.1, -0.05) is 26.7 Å². The van der Waals surface area contributed by atoms with Crippen molar-refractivity contribution in [3.63, 3.8) is 0 Å². The Labute approximate surface area is 141 Å². The van der Waals surface area contributed by atoms with Crippen molar-refractivity contribution in [2.45, 2.75) is 64.9 Å². The number of carbonyl (C=O) groups excluding carboxylic acids is 1. The minimum Gasteiger partial charge on any atom is -0.392 e. The summed E-state index contributed by atoms with van der Waals surface area (Å²) in [5, 5.41) is 16.1. The van der Waals surface area contributed by atoms with Crippen LogP contribution in [0.1, 0.15) is 58.8 Å². The van der Waals surface area contributed by atoms with Crippen LogP contribution in [-0.4, -0.2) is 54.9 Å². The molecule has 2 aliphatic rings. The summed E-state index contributed by atoms with van der Waals surface area (Å²) in [6.45, 7) is 9.16. The van der Waals surface area contributed by atoms with Crippen molar-refractivity contribution in [1.29, 1.82) is 0 Å². The zero-order valence-corrected chi connectivity index (χ0v) is 14.9. The molecule has 1 saturated heterocycles. The highest BCUT2D eigenvalue weighted by Gasteiger charge is 2.35. The number of rotatable bonds is 6. The van der Waals surface area contributed by atoms with E-state index in [1.165, 1.54) is 25.9 Å². The highest BCUT2D eigenvalue weighted by molar-refractivity contribution is 5.73. The van der Waals surface area contributed by atoms with Crippen molar-refractivity contribution in [3.05, 3.63) is 0 Å². The largest absolute Gasteiger partial charge is 0.392 e. The van der Waals surface area contributed by atoms with E-state index < -0.39 is 0 Å². The molecule has 0 aromatic rings. The fourth-order valence-electron chi connectivity index (χ4n) is 3.91. The van der Waals surface area contributed by atoms with Crippen LogP contribution in [0.25, 0.3) is 0 Å². The zero-order valence-electron chi connectivity index (χ0n) is 14.9. The Balaban J connectivity index is 1.58. The molecule has 1 aliphatic carbocycles. The molecule has 5 nitrogen and oxygen atoms in total. The average Bonchev–Trinajstić information content (AvgIpc) is 2.57. The summed E-state index contributed by atoms with van der Waals surface area (Å²) in [7, 11) is 0. The third-order valence-electron chi connectivity index (χ3n) is 5.93. The molecule has 1 saturated carbocycles. The van der Waals surface area contributed by atoms with Gasteiger partial charge in [-0.3, -0.25) is 0 Å². The van der Waals surface area contributed by atoms with Crippen molar-refractivity contribution >= 4 is 6.03 Å². The van der Waals surface area contributed by atoms with Crippen LogP contribution in [0.15, 0.2) is 0 Å². The lowest BCUT2D eigenvalue weighted by molar-refractivity contribution is 0.00309. The number of nitrogens with one attached hydrogen (secondary N) is 2. The van der Waals surface area contributed by atoms with E-state index in [0.717, 1.165) is 51.1 Å². The molecule has 0 aromatic heterocycles. The Bertz CT molecular complexity index is 369. The Morgan fingerprint density at radius 1 is 1.22 bits per heavy atom. The van der Waals surface area contributed by atoms with Gasteiger partial charge in [0.05, 0.1) is 6.10 Å². The predicted molar refractivity (Wildman–Crippen MR) is 93.4 cm³/mol. The topological polar surface area (TPSA) is 64.6 Å². The summed E-state index contributed by atoms with van der Waals surface area (Å²) in [6, 6.07) is -0.0880. The number of hydrogen-bond acceptors (Lipinski definition) is 3. The fourth-order valence-corrected chi connectivity index (χ4v) is 3.91. The van der Waals surface area contributed by atoms with Crippen LogP contribution in [-0.2, 0) is 0 Å². The Morgan fingerprint density at radius 3 is 2.61 bits per heavy atom. The van der Waals surface area contributed by atoms with Gasteiger partial charge in [-0.2, -0.15) is 0 Å². The molecule has 0 radical (unpaired) electrons. The molecule has 2 amide bonds. The van der Waals surface area contributed by atoms with Gasteiger partial charge >= 0.3 is 6.03 Å². The highest BCUT2D eigenvalue weighted by Crippen LogP contribution is 2.35. The van der Waals surface area contributed by atoms with E-state index in [9.17, 15) is 9.90 Å². The van der Waals surface area contributed by atoms with Crippen LogP contribution < -0.4 is 10.6 Å². The number of urea groups is 1. The van der Waals surface area contributed by atoms with E-state index in [1.807, 2.05) is 0 Å². The monoisotopic (exact) mass is 325 g/mol. The summed E-state index contributed by atoms with van der Waals surface area (Å²) in [6.07, 6.45) is 7.38. The van der Waals surface area contributed by atoms with Crippen LogP contribution in [0.5, 0.6) is 0 Å². The van der Waals surface area contributed by atoms with Crippen molar-refractivity contribution in [2.75, 3.05) is 32.7 Å². The van der Waals surface area contributed by atoms with Gasteiger partial charge in [-0.25, -0.2) is 4.79 Å². The first-order valence-corrected chi connectivity index (χ1v) is 9.45. The first kappa shape index (κ1) is 18.5. The number of nitrogens with zero attached hydrogens (tertiary/aromatic N) is 1. The van der Waals surface area contributed by atoms with E-state index in [0.29, 0.717) is 6.54 Å². The van der Waals surface area contributed by atoms with Crippen LogP contribution in [0, 0.1) is 11.3 Å². The molecule has 0 spiro atoms. The number of carbonyl (C=O) groups is 1. The van der Waals surface area contributed by atoms with E-state index >= 15 is 0 Å². The van der Waals surface area contributed by atoms with Crippen molar-refractivity contribution in [3.8, 4) is 0 Å². The second-order valence-corrected chi connectivity index (χ2v) is 7.69. The molecule has 2 unspecified atom stereocenters. The normalized spacial score (nSPS) is 30.1. The molecular formula is C18H35N3O2. The molecular weight excluding hydrogens is 290 g/mol. The average molecular weight is 325 g/mol. The lowest BCUT2D eigenvalue weighted by atomic mass is 9.73. The Kier molecular flexibility index (Phi) is 7.15. The van der Waals surface area contributed by atoms with Crippen LogP contribution >= 0.6 is 0 Å². The number of amides is 2. The molecule has 134 valence electrons. The number of likely N-dealkylation sites (tertiary alicyclic amines) is 1. The minimum absolute atomic E-state index is 0.0880. The third kappa shape index (κ3) is 5.64. The maximum absolute atomic E-state index is 12.0. The number of hydrogen-bond donors (Lipinski definition) is 3. The fraction of sp³-hybridized carbons (Fsp3) is 0.944. The lowest BCUT2D eigenvalue weighted by Gasteiger charge is -2.38. The summed E-state index contributed by atoms with van der Waals surface area (Å²) in [4.78, 5) is 14.5. The minimum atomic E-state index is -0.291. The Hall–Kier alpha value is -0.810. The standard InChI is InChI=1S/C18H35N3O2/c1-3-21-12-8-15(9-13-21)7-11-19-17(23)20-14-18(2)10-5-4-6-16(18)22/h15-16,22H,3-14H2,1-2H3,(H2,19,20,23). The number of aliphatic hydroxyl groups excluding tert-OH is 1. The molecule has 2 rings (SSSR count). The van der Waals surface area contributed by atoms with Crippen molar-refractivity contribution < 1.29 is 9.90 Å². The van der Waals surface area contributed by atoms with Crippen LogP contribution in [0.2, 0.25) is 0 Å². The molecule has 23 heavy (non-hydrogen) atoms. The molecule has 5 heteroatoms. The van der Waals surface area contributed by atoms with E-state index in [1.54, 1.807) is 0 Å². The second-order valence-electron chi connectivity index (χ2n) is 7.69. The highest BCUT2D eigenvalue weighted by atomic mass is 16.3. The molecule has 0 bridgehead atoms. The van der Waals surface area contributed by atoms with Gasteiger partial charge in [0.15, 0.2) is 0 Å². The lowest BCUT2D eigenvalue weighted by Crippen LogP contribution is -2.48. The first-order valence-electron chi connectivity index (χ1n) is 9.45. The Morgan fingerprint density at radius 2 is 1.96 bits per heavy atom. The van der Waals surface area contributed by atoms with Crippen LogP contribution in [0.4, 0.5) is 4.79 Å². The quantitative estimate of drug-likeness (QED) is 0.702. The molecule has 1 heterocycles. The second kappa shape index (κ2) is 8.88. The maximum atomic E-state index is 12.0. The molecule has 0 aromatic carbocycles. The van der Waals surface area contributed by atoms with Gasteiger partial charge in [-0.05, 0) is 57.7 Å². The van der Waals surface area contributed by atoms with Crippen LogP contribution in [0.3, 0.4) is 0 Å². The van der Waals surface area contributed by atoms with Gasteiger partial charge in [0.1, 0.15) is 0 Å². The summed E-state index contributed by atoms with van der Waals surface area (Å²) >= 11 is 0. The van der Waals surface area contributed by atoms with Gasteiger partial charge < -0.3 is 20.6 Å². The molecule has 2 atom stereocenters. The molecule has 3 N–H and O–H groups in total. The molecule has 2 fully saturated rings. The summed E-state index contributed by atoms with van der Waals surface area (Å²) < 4.78 is 0. The van der Waals surface area contributed by atoms with E-state index in [-0.39, 0.29) is 17.6 Å². The maximum Gasteiger partial charge on any atom is 0.314 e. The predicted octanol–water partition coefficient (Wildman–Crippen LogP) is 2.35. The third-order valence-corrected chi connectivity index (χ3v) is 5.93. The van der Waals surface area contributed by atoms with Gasteiger partial charge in [-0.15, -0.1) is 0 Å². The smallest absolute Gasteiger partial charge is 0.314 e. The zero-order chi connectivity index (χ0) is 16.7.